The number of Topliss-reactive ketones (excluding diaryl/α,β-unsaturated/α-hetero) is 1. The van der Waals surface area contributed by atoms with Crippen LogP contribution in [0.5, 0.6) is 0 Å². The molecular formula is C13H13NO7S. The summed E-state index contributed by atoms with van der Waals surface area (Å²) in [5.74, 6) is -1.07. The van der Waals surface area contributed by atoms with Crippen molar-refractivity contribution in [2.24, 2.45) is 0 Å². The van der Waals surface area contributed by atoms with Crippen LogP contribution in [0.25, 0.3) is 0 Å². The predicted octanol–water partition coefficient (Wildman–Crippen LogP) is 1.28. The van der Waals surface area contributed by atoms with Gasteiger partial charge >= 0.3 is 5.97 Å². The van der Waals surface area contributed by atoms with Crippen LogP contribution < -0.4 is 0 Å². The lowest BCUT2D eigenvalue weighted by Gasteiger charge is -2.10. The van der Waals surface area contributed by atoms with Gasteiger partial charge in [-0.05, 0) is 25.0 Å². The molecule has 0 unspecified atom stereocenters. The second kappa shape index (κ2) is 5.84. The quantitative estimate of drug-likeness (QED) is 0.464. The normalized spacial score (nSPS) is 18.2. The molecule has 0 radical (unpaired) electrons. The number of hydrogen-bond donors (Lipinski definition) is 0. The Balaban J connectivity index is 2.32. The molecule has 0 bridgehead atoms. The molecule has 22 heavy (non-hydrogen) atoms. The molecule has 1 fully saturated rings. The van der Waals surface area contributed by atoms with E-state index in [0.29, 0.717) is 19.3 Å². The van der Waals surface area contributed by atoms with E-state index in [0.717, 1.165) is 24.5 Å². The molecule has 0 aliphatic heterocycles. The maximum atomic E-state index is 11.9. The minimum absolute atomic E-state index is 0.168. The molecular weight excluding hydrogens is 314 g/mol. The largest absolute Gasteiger partial charge is 0.451 e. The fourth-order valence-corrected chi connectivity index (χ4v) is 3.03. The summed E-state index contributed by atoms with van der Waals surface area (Å²) >= 11 is 0. The molecule has 1 aromatic carbocycles. The third-order valence-electron chi connectivity index (χ3n) is 3.29. The van der Waals surface area contributed by atoms with E-state index in [1.54, 1.807) is 0 Å². The van der Waals surface area contributed by atoms with Crippen molar-refractivity contribution in [3.63, 3.8) is 0 Å². The Labute approximate surface area is 126 Å². The molecule has 1 aliphatic rings. The number of benzene rings is 1. The summed E-state index contributed by atoms with van der Waals surface area (Å²) in [4.78, 5) is 33.0. The molecule has 118 valence electrons. The van der Waals surface area contributed by atoms with Gasteiger partial charge in [0.15, 0.2) is 21.7 Å². The zero-order valence-electron chi connectivity index (χ0n) is 11.6. The van der Waals surface area contributed by atoms with Crippen LogP contribution in [0.2, 0.25) is 0 Å². The van der Waals surface area contributed by atoms with E-state index in [-0.39, 0.29) is 11.3 Å². The fraction of sp³-hybridized carbons (Fsp3) is 0.385. The lowest BCUT2D eigenvalue weighted by atomic mass is 10.2. The fourth-order valence-electron chi connectivity index (χ4n) is 2.21. The van der Waals surface area contributed by atoms with E-state index in [2.05, 4.69) is 0 Å². The van der Waals surface area contributed by atoms with Gasteiger partial charge in [-0.1, -0.05) is 0 Å². The van der Waals surface area contributed by atoms with Crippen molar-refractivity contribution in [2.45, 2.75) is 30.3 Å². The molecule has 1 atom stereocenters. The van der Waals surface area contributed by atoms with E-state index in [1.165, 1.54) is 0 Å². The number of carbonyl (C=O) groups is 2. The van der Waals surface area contributed by atoms with Crippen LogP contribution in [0.15, 0.2) is 23.1 Å². The van der Waals surface area contributed by atoms with Crippen LogP contribution in [0.4, 0.5) is 5.69 Å². The Morgan fingerprint density at radius 3 is 2.59 bits per heavy atom. The topological polar surface area (TPSA) is 121 Å². The molecule has 8 nitrogen and oxygen atoms in total. The number of hydrogen-bond acceptors (Lipinski definition) is 7. The minimum Gasteiger partial charge on any atom is -0.451 e. The number of ether oxygens (including phenoxy) is 1. The van der Waals surface area contributed by atoms with E-state index in [4.69, 9.17) is 4.74 Å². The van der Waals surface area contributed by atoms with Crippen molar-refractivity contribution in [1.82, 2.24) is 0 Å². The van der Waals surface area contributed by atoms with Gasteiger partial charge in [0.05, 0.1) is 10.5 Å². The van der Waals surface area contributed by atoms with E-state index >= 15 is 0 Å². The Morgan fingerprint density at radius 2 is 2.09 bits per heavy atom. The third kappa shape index (κ3) is 3.30. The predicted molar refractivity (Wildman–Crippen MR) is 74.3 cm³/mol. The zero-order chi connectivity index (χ0) is 16.5. The first kappa shape index (κ1) is 16.1. The number of nitro benzene ring substituents is 1. The molecule has 1 saturated carbocycles. The molecule has 0 spiro atoms. The molecule has 1 aromatic rings. The lowest BCUT2D eigenvalue weighted by molar-refractivity contribution is -0.387. The first-order valence-corrected chi connectivity index (χ1v) is 8.31. The van der Waals surface area contributed by atoms with E-state index in [9.17, 15) is 28.1 Å². The Kier molecular flexibility index (Phi) is 4.27. The summed E-state index contributed by atoms with van der Waals surface area (Å²) in [7, 11) is -3.80. The summed E-state index contributed by atoms with van der Waals surface area (Å²) in [6.45, 7) is 0. The molecule has 9 heteroatoms. The summed E-state index contributed by atoms with van der Waals surface area (Å²) in [6.07, 6.45) is 1.40. The number of sulfone groups is 1. The van der Waals surface area contributed by atoms with Crippen LogP contribution in [-0.2, 0) is 19.4 Å². The SMILES string of the molecule is CS(=O)(=O)c1ccc(C(=O)O[C@@H]2CCCC2=O)cc1[N+](=O)[O-]. The highest BCUT2D eigenvalue weighted by molar-refractivity contribution is 7.90. The average Bonchev–Trinajstić information content (AvgIpc) is 2.82. The maximum absolute atomic E-state index is 11.9. The smallest absolute Gasteiger partial charge is 0.339 e. The monoisotopic (exact) mass is 327 g/mol. The first-order chi connectivity index (χ1) is 10.2. The first-order valence-electron chi connectivity index (χ1n) is 6.42. The third-order valence-corrected chi connectivity index (χ3v) is 4.43. The molecule has 0 N–H and O–H groups in total. The number of carbonyl (C=O) groups excluding carboxylic acids is 2. The van der Waals surface area contributed by atoms with Crippen LogP contribution >= 0.6 is 0 Å². The summed E-state index contributed by atoms with van der Waals surface area (Å²) in [5.41, 5.74) is -0.867. The van der Waals surface area contributed by atoms with Gasteiger partial charge in [0, 0.05) is 18.7 Å². The van der Waals surface area contributed by atoms with Crippen LogP contribution in [0, 0.1) is 10.1 Å². The molecule has 2 rings (SSSR count). The molecule has 0 heterocycles. The van der Waals surface area contributed by atoms with Gasteiger partial charge < -0.3 is 4.74 Å². The number of nitro groups is 1. The standard InChI is InChI=1S/C13H13NO7S/c1-22(19,20)12-6-5-8(7-9(12)14(17)18)13(16)21-11-4-2-3-10(11)15/h5-7,11H,2-4H2,1H3/t11-/m1/s1. The number of ketones is 1. The minimum atomic E-state index is -3.80. The highest BCUT2D eigenvalue weighted by Gasteiger charge is 2.30. The molecule has 0 amide bonds. The van der Waals surface area contributed by atoms with Crippen molar-refractivity contribution >= 4 is 27.3 Å². The molecule has 0 saturated heterocycles. The van der Waals surface area contributed by atoms with Crippen molar-refractivity contribution in [1.29, 1.82) is 0 Å². The number of esters is 1. The van der Waals surface area contributed by atoms with Gasteiger partial charge in [-0.15, -0.1) is 0 Å². The van der Waals surface area contributed by atoms with Gasteiger partial charge in [0.1, 0.15) is 4.90 Å². The van der Waals surface area contributed by atoms with Gasteiger partial charge in [-0.25, -0.2) is 13.2 Å². The average molecular weight is 327 g/mol. The number of rotatable bonds is 4. The zero-order valence-corrected chi connectivity index (χ0v) is 12.5. The molecule has 0 aromatic heterocycles. The Bertz CT molecular complexity index is 754. The summed E-state index contributed by atoms with van der Waals surface area (Å²) in [5, 5.41) is 11.0. The van der Waals surface area contributed by atoms with E-state index < -0.39 is 37.4 Å². The van der Waals surface area contributed by atoms with Crippen molar-refractivity contribution < 1.29 is 27.7 Å². The van der Waals surface area contributed by atoms with Crippen LogP contribution in [0.1, 0.15) is 29.6 Å². The Morgan fingerprint density at radius 1 is 1.41 bits per heavy atom. The van der Waals surface area contributed by atoms with Gasteiger partial charge in [0.2, 0.25) is 0 Å². The molecule has 1 aliphatic carbocycles. The van der Waals surface area contributed by atoms with Gasteiger partial charge in [0.25, 0.3) is 5.69 Å². The highest BCUT2D eigenvalue weighted by atomic mass is 32.2. The second-order valence-electron chi connectivity index (χ2n) is 4.96. The van der Waals surface area contributed by atoms with Gasteiger partial charge in [-0.3, -0.25) is 14.9 Å². The van der Waals surface area contributed by atoms with Crippen molar-refractivity contribution in [3.05, 3.63) is 33.9 Å². The highest BCUT2D eigenvalue weighted by Crippen LogP contribution is 2.26. The summed E-state index contributed by atoms with van der Waals surface area (Å²) in [6, 6.07) is 2.96. The summed E-state index contributed by atoms with van der Waals surface area (Å²) < 4.78 is 28.0. The van der Waals surface area contributed by atoms with E-state index in [1.807, 2.05) is 0 Å². The second-order valence-corrected chi connectivity index (χ2v) is 6.95. The Hall–Kier alpha value is -2.29. The maximum Gasteiger partial charge on any atom is 0.339 e. The van der Waals surface area contributed by atoms with Crippen molar-refractivity contribution in [3.8, 4) is 0 Å². The van der Waals surface area contributed by atoms with Crippen LogP contribution in [0.3, 0.4) is 0 Å². The number of nitrogens with zero attached hydrogens (tertiary/aromatic N) is 1. The van der Waals surface area contributed by atoms with Crippen LogP contribution in [-0.4, -0.2) is 37.5 Å². The lowest BCUT2D eigenvalue weighted by Crippen LogP contribution is -2.22. The van der Waals surface area contributed by atoms with Crippen molar-refractivity contribution in [2.75, 3.05) is 6.26 Å². The van der Waals surface area contributed by atoms with Gasteiger partial charge in [-0.2, -0.15) is 0 Å².